The Balaban J connectivity index is 1.85. The zero-order valence-corrected chi connectivity index (χ0v) is 16.1. The van der Waals surface area contributed by atoms with E-state index in [4.69, 9.17) is 0 Å². The summed E-state index contributed by atoms with van der Waals surface area (Å²) in [6.07, 6.45) is 5.91. The Morgan fingerprint density at radius 1 is 0.733 bits per heavy atom. The lowest BCUT2D eigenvalue weighted by atomic mass is 10.0. The summed E-state index contributed by atoms with van der Waals surface area (Å²) in [7, 11) is 0. The van der Waals surface area contributed by atoms with Gasteiger partial charge >= 0.3 is 0 Å². The van der Waals surface area contributed by atoms with E-state index in [0.29, 0.717) is 17.7 Å². The van der Waals surface area contributed by atoms with Gasteiger partial charge in [-0.05, 0) is 67.3 Å². The van der Waals surface area contributed by atoms with Gasteiger partial charge in [0.2, 0.25) is 0 Å². The number of benzene rings is 3. The minimum Gasteiger partial charge on any atom is -0.206 e. The molecule has 0 aliphatic carbocycles. The second-order valence-corrected chi connectivity index (χ2v) is 6.62. The molecule has 0 nitrogen and oxygen atoms in total. The predicted molar refractivity (Wildman–Crippen MR) is 107 cm³/mol. The molecule has 3 rings (SSSR count). The minimum absolute atomic E-state index is 0.0639. The summed E-state index contributed by atoms with van der Waals surface area (Å²) in [5.74, 6) is -1.35. The molecule has 0 saturated carbocycles. The van der Waals surface area contributed by atoms with Crippen molar-refractivity contribution >= 4 is 0 Å². The molecule has 3 aromatic rings. The van der Waals surface area contributed by atoms with Gasteiger partial charge in [0.1, 0.15) is 11.6 Å². The third-order valence-corrected chi connectivity index (χ3v) is 4.46. The first-order chi connectivity index (χ1) is 14.4. The number of hydrogen-bond acceptors (Lipinski definition) is 0. The lowest BCUT2D eigenvalue weighted by Gasteiger charge is -2.07. The zero-order valence-electron chi connectivity index (χ0n) is 16.1. The molecule has 0 unspecified atom stereocenters. The van der Waals surface area contributed by atoms with E-state index >= 15 is 0 Å². The highest BCUT2D eigenvalue weighted by Crippen LogP contribution is 2.29. The van der Waals surface area contributed by atoms with Crippen molar-refractivity contribution in [3.05, 3.63) is 106 Å². The lowest BCUT2D eigenvalue weighted by Crippen LogP contribution is -1.97. The van der Waals surface area contributed by atoms with Crippen LogP contribution in [0.1, 0.15) is 30.0 Å². The van der Waals surface area contributed by atoms with Crippen molar-refractivity contribution in [2.45, 2.75) is 19.8 Å². The SMILES string of the molecule is C/C=C/CCc1ccc(C#Cc2cc(F)c(-c3cc(F)c(F)c(F)c3)c(F)c2)cc1. The maximum atomic E-state index is 14.4. The van der Waals surface area contributed by atoms with Gasteiger partial charge in [0.05, 0.1) is 5.56 Å². The van der Waals surface area contributed by atoms with E-state index in [1.54, 1.807) is 0 Å². The fourth-order valence-corrected chi connectivity index (χ4v) is 2.94. The largest absolute Gasteiger partial charge is 0.206 e. The van der Waals surface area contributed by atoms with Crippen molar-refractivity contribution in [1.82, 2.24) is 0 Å². The molecule has 0 N–H and O–H groups in total. The molecule has 0 bridgehead atoms. The van der Waals surface area contributed by atoms with Gasteiger partial charge in [-0.25, -0.2) is 22.0 Å². The van der Waals surface area contributed by atoms with Crippen LogP contribution in [0, 0.1) is 40.9 Å². The molecule has 0 amide bonds. The van der Waals surface area contributed by atoms with Crippen LogP contribution in [-0.2, 0) is 6.42 Å². The van der Waals surface area contributed by atoms with Crippen LogP contribution >= 0.6 is 0 Å². The van der Waals surface area contributed by atoms with Gasteiger partial charge in [-0.15, -0.1) is 0 Å². The monoisotopic (exact) mass is 412 g/mol. The summed E-state index contributed by atoms with van der Waals surface area (Å²) in [5.41, 5.74) is 0.809. The molecule has 0 spiro atoms. The van der Waals surface area contributed by atoms with Gasteiger partial charge < -0.3 is 0 Å². The van der Waals surface area contributed by atoms with Crippen LogP contribution in [0.2, 0.25) is 0 Å². The Morgan fingerprint density at radius 2 is 1.30 bits per heavy atom. The second kappa shape index (κ2) is 9.41. The van der Waals surface area contributed by atoms with Gasteiger partial charge in [0, 0.05) is 11.1 Å². The smallest absolute Gasteiger partial charge is 0.194 e. The summed E-state index contributed by atoms with van der Waals surface area (Å²) in [6, 6.07) is 10.6. The van der Waals surface area contributed by atoms with Crippen molar-refractivity contribution in [1.29, 1.82) is 0 Å². The van der Waals surface area contributed by atoms with Gasteiger partial charge in [-0.1, -0.05) is 36.1 Å². The fraction of sp³-hybridized carbons (Fsp3) is 0.120. The summed E-state index contributed by atoms with van der Waals surface area (Å²) in [4.78, 5) is 0. The molecule has 5 heteroatoms. The summed E-state index contributed by atoms with van der Waals surface area (Å²) >= 11 is 0. The van der Waals surface area contributed by atoms with Gasteiger partial charge in [-0.3, -0.25) is 0 Å². The first kappa shape index (κ1) is 21.3. The van der Waals surface area contributed by atoms with Crippen LogP contribution in [0.5, 0.6) is 0 Å². The van der Waals surface area contributed by atoms with E-state index in [1.807, 2.05) is 37.3 Å². The average Bonchev–Trinajstić information content (AvgIpc) is 2.71. The molecule has 3 aromatic carbocycles. The quantitative estimate of drug-likeness (QED) is 0.188. The van der Waals surface area contributed by atoms with Crippen LogP contribution in [-0.4, -0.2) is 0 Å². The summed E-state index contributed by atoms with van der Waals surface area (Å²) in [5, 5.41) is 0. The number of aryl methyl sites for hydroxylation is 1. The average molecular weight is 412 g/mol. The standard InChI is InChI=1S/C25H17F5/c1-2-3-4-5-16-6-8-17(9-7-16)10-11-18-12-20(26)24(21(27)13-18)19-14-22(28)25(30)23(29)15-19/h2-3,6-9,12-15H,4-5H2,1H3/b3-2+. The van der Waals surface area contributed by atoms with Crippen molar-refractivity contribution in [3.63, 3.8) is 0 Å². The maximum absolute atomic E-state index is 14.4. The molecule has 0 aromatic heterocycles. The molecular weight excluding hydrogens is 395 g/mol. The Hall–Kier alpha value is -3.39. The van der Waals surface area contributed by atoms with E-state index in [0.717, 1.165) is 30.5 Å². The van der Waals surface area contributed by atoms with Crippen molar-refractivity contribution in [2.75, 3.05) is 0 Å². The highest BCUT2D eigenvalue weighted by molar-refractivity contribution is 5.66. The lowest BCUT2D eigenvalue weighted by molar-refractivity contribution is 0.447. The number of halogens is 5. The molecule has 0 aliphatic rings. The first-order valence-electron chi connectivity index (χ1n) is 9.25. The van der Waals surface area contributed by atoms with E-state index in [-0.39, 0.29) is 5.56 Å². The Kier molecular flexibility index (Phi) is 6.68. The van der Waals surface area contributed by atoms with Crippen LogP contribution in [0.4, 0.5) is 22.0 Å². The molecule has 152 valence electrons. The summed E-state index contributed by atoms with van der Waals surface area (Å²) in [6.45, 7) is 1.97. The maximum Gasteiger partial charge on any atom is 0.194 e. The Labute approximate surface area is 171 Å². The molecule has 0 heterocycles. The molecule has 0 fully saturated rings. The summed E-state index contributed by atoms with van der Waals surface area (Å²) < 4.78 is 68.8. The molecule has 0 atom stereocenters. The Bertz CT molecular complexity index is 1100. The minimum atomic E-state index is -1.70. The van der Waals surface area contributed by atoms with Crippen LogP contribution in [0.3, 0.4) is 0 Å². The normalized spacial score (nSPS) is 10.9. The third kappa shape index (κ3) is 4.96. The van der Waals surface area contributed by atoms with Crippen molar-refractivity contribution in [3.8, 4) is 23.0 Å². The van der Waals surface area contributed by atoms with Crippen LogP contribution < -0.4 is 0 Å². The van der Waals surface area contributed by atoms with E-state index in [2.05, 4.69) is 17.9 Å². The second-order valence-electron chi connectivity index (χ2n) is 6.62. The van der Waals surface area contributed by atoms with Gasteiger partial charge in [-0.2, -0.15) is 0 Å². The van der Waals surface area contributed by atoms with E-state index in [1.165, 1.54) is 0 Å². The fourth-order valence-electron chi connectivity index (χ4n) is 2.94. The van der Waals surface area contributed by atoms with Crippen LogP contribution in [0.25, 0.3) is 11.1 Å². The number of hydrogen-bond donors (Lipinski definition) is 0. The van der Waals surface area contributed by atoms with Gasteiger partial charge in [0.25, 0.3) is 0 Å². The highest BCUT2D eigenvalue weighted by Gasteiger charge is 2.18. The third-order valence-electron chi connectivity index (χ3n) is 4.46. The molecule has 30 heavy (non-hydrogen) atoms. The van der Waals surface area contributed by atoms with Crippen LogP contribution in [0.15, 0.2) is 60.7 Å². The number of allylic oxidation sites excluding steroid dienone is 2. The molecular formula is C25H17F5. The molecule has 0 aliphatic heterocycles. The predicted octanol–water partition coefficient (Wildman–Crippen LogP) is 6.96. The van der Waals surface area contributed by atoms with Crippen molar-refractivity contribution in [2.24, 2.45) is 0 Å². The van der Waals surface area contributed by atoms with E-state index in [9.17, 15) is 22.0 Å². The van der Waals surface area contributed by atoms with Gasteiger partial charge in [0.15, 0.2) is 17.5 Å². The highest BCUT2D eigenvalue weighted by atomic mass is 19.2. The van der Waals surface area contributed by atoms with E-state index < -0.39 is 40.2 Å². The molecule has 0 saturated heterocycles. The topological polar surface area (TPSA) is 0 Å². The Morgan fingerprint density at radius 3 is 1.87 bits per heavy atom. The zero-order chi connectivity index (χ0) is 21.7. The number of rotatable bonds is 4. The first-order valence-corrected chi connectivity index (χ1v) is 9.25. The van der Waals surface area contributed by atoms with Crippen molar-refractivity contribution < 1.29 is 22.0 Å². The molecule has 0 radical (unpaired) electrons.